The van der Waals surface area contributed by atoms with Gasteiger partial charge in [0.15, 0.2) is 0 Å². The molecule has 0 aliphatic carbocycles. The fraction of sp³-hybridized carbons (Fsp3) is 0.965. The molecule has 0 aromatic carbocycles. The highest BCUT2D eigenvalue weighted by atomic mass is 16.5. The molecule has 0 heterocycles. The molecule has 0 bridgehead atoms. The van der Waals surface area contributed by atoms with Crippen LogP contribution in [0.2, 0.25) is 0 Å². The Kier molecular flexibility index (Phi) is 52.5. The highest BCUT2D eigenvalue weighted by Gasteiger charge is 2.20. The van der Waals surface area contributed by atoms with Crippen molar-refractivity contribution in [2.45, 2.75) is 341 Å². The summed E-state index contributed by atoms with van der Waals surface area (Å²) >= 11 is 0. The van der Waals surface area contributed by atoms with E-state index in [0.717, 1.165) is 57.8 Å². The van der Waals surface area contributed by atoms with Crippen molar-refractivity contribution in [1.29, 1.82) is 0 Å². The second-order valence-electron chi connectivity index (χ2n) is 20.0. The number of aliphatic hydroxyl groups is 2. The van der Waals surface area contributed by atoms with Crippen LogP contribution in [0.1, 0.15) is 328 Å². The molecule has 0 saturated heterocycles. The standard InChI is InChI=1S/C57H113NO5/c1-3-5-7-9-11-13-15-17-18-19-20-21-22-23-24-25-26-29-33-37-41-45-49-55(60)54(53-59)58-56(61)50-46-42-38-34-30-27-28-32-36-40-44-48-52-63-57(62)51-47-43-39-35-31-16-14-12-10-8-6-4-2/h54-55,59-60H,3-53H2,1-2H3,(H,58,61). The van der Waals surface area contributed by atoms with Crippen molar-refractivity contribution in [3.8, 4) is 0 Å². The number of rotatable bonds is 54. The summed E-state index contributed by atoms with van der Waals surface area (Å²) in [6, 6.07) is -0.552. The SMILES string of the molecule is CCCCCCCCCCCCCCCCCCCCCCCCC(O)C(CO)NC(=O)CCCCCCCCCCCCCCOC(=O)CCCCCCCCCCCCCC. The maximum atomic E-state index is 12.5. The first-order valence-corrected chi connectivity index (χ1v) is 28.8. The van der Waals surface area contributed by atoms with Crippen molar-refractivity contribution in [3.05, 3.63) is 0 Å². The van der Waals surface area contributed by atoms with Crippen LogP contribution in [0, 0.1) is 0 Å². The fourth-order valence-electron chi connectivity index (χ4n) is 9.23. The number of carbonyl (C=O) groups is 2. The highest BCUT2D eigenvalue weighted by Crippen LogP contribution is 2.18. The quantitative estimate of drug-likeness (QED) is 0.0418. The van der Waals surface area contributed by atoms with Gasteiger partial charge in [-0.1, -0.05) is 290 Å². The minimum atomic E-state index is -0.674. The molecule has 0 fully saturated rings. The van der Waals surface area contributed by atoms with E-state index in [-0.39, 0.29) is 18.5 Å². The van der Waals surface area contributed by atoms with Gasteiger partial charge in [-0.15, -0.1) is 0 Å². The van der Waals surface area contributed by atoms with Gasteiger partial charge in [0.1, 0.15) is 0 Å². The average molecular weight is 893 g/mol. The summed E-state index contributed by atoms with van der Waals surface area (Å²) in [6.45, 7) is 4.95. The fourth-order valence-corrected chi connectivity index (χ4v) is 9.23. The van der Waals surface area contributed by atoms with Crippen molar-refractivity contribution in [3.63, 3.8) is 0 Å². The molecule has 376 valence electrons. The van der Waals surface area contributed by atoms with Crippen LogP contribution in [0.25, 0.3) is 0 Å². The van der Waals surface area contributed by atoms with Gasteiger partial charge in [-0.2, -0.15) is 0 Å². The molecule has 63 heavy (non-hydrogen) atoms. The summed E-state index contributed by atoms with van der Waals surface area (Å²) in [6.07, 6.45) is 60.9. The Hall–Kier alpha value is -1.14. The van der Waals surface area contributed by atoms with Gasteiger partial charge in [0.05, 0.1) is 25.4 Å². The zero-order valence-electron chi connectivity index (χ0n) is 42.8. The normalized spacial score (nSPS) is 12.5. The van der Waals surface area contributed by atoms with Crippen molar-refractivity contribution in [2.24, 2.45) is 0 Å². The first kappa shape index (κ1) is 61.9. The van der Waals surface area contributed by atoms with E-state index in [0.29, 0.717) is 25.9 Å². The Labute approximate surface area is 394 Å². The number of hydrogen-bond acceptors (Lipinski definition) is 5. The maximum absolute atomic E-state index is 12.5. The molecule has 0 spiro atoms. The second kappa shape index (κ2) is 53.5. The molecule has 6 nitrogen and oxygen atoms in total. The van der Waals surface area contributed by atoms with Crippen LogP contribution in [0.3, 0.4) is 0 Å². The number of ether oxygens (including phenoxy) is 1. The van der Waals surface area contributed by atoms with Gasteiger partial charge in [-0.05, 0) is 25.7 Å². The molecule has 0 saturated carbocycles. The van der Waals surface area contributed by atoms with Crippen LogP contribution in [-0.2, 0) is 14.3 Å². The predicted octanol–water partition coefficient (Wildman–Crippen LogP) is 17.5. The lowest BCUT2D eigenvalue weighted by Crippen LogP contribution is -2.45. The lowest BCUT2D eigenvalue weighted by molar-refractivity contribution is -0.143. The van der Waals surface area contributed by atoms with E-state index in [9.17, 15) is 19.8 Å². The van der Waals surface area contributed by atoms with Crippen molar-refractivity contribution in [1.82, 2.24) is 5.32 Å². The molecule has 1 amide bonds. The monoisotopic (exact) mass is 892 g/mol. The zero-order valence-corrected chi connectivity index (χ0v) is 42.8. The van der Waals surface area contributed by atoms with Crippen molar-refractivity contribution >= 4 is 11.9 Å². The summed E-state index contributed by atoms with van der Waals surface area (Å²) in [5.74, 6) is -0.0533. The molecule has 0 aliphatic rings. The third-order valence-corrected chi connectivity index (χ3v) is 13.7. The third kappa shape index (κ3) is 50.1. The van der Waals surface area contributed by atoms with Gasteiger partial charge < -0.3 is 20.3 Å². The van der Waals surface area contributed by atoms with Crippen molar-refractivity contribution < 1.29 is 24.5 Å². The summed E-state index contributed by atoms with van der Waals surface area (Å²) in [5.41, 5.74) is 0. The van der Waals surface area contributed by atoms with Crippen LogP contribution in [0.4, 0.5) is 0 Å². The number of esters is 1. The van der Waals surface area contributed by atoms with Gasteiger partial charge >= 0.3 is 5.97 Å². The molecule has 0 aliphatic heterocycles. The van der Waals surface area contributed by atoms with E-state index in [1.807, 2.05) is 0 Å². The molecule has 0 rings (SSSR count). The summed E-state index contributed by atoms with van der Waals surface area (Å²) in [7, 11) is 0. The van der Waals surface area contributed by atoms with Gasteiger partial charge in [0.25, 0.3) is 0 Å². The Morgan fingerprint density at radius 3 is 0.968 bits per heavy atom. The van der Waals surface area contributed by atoms with Crippen LogP contribution in [-0.4, -0.2) is 47.4 Å². The Morgan fingerprint density at radius 2 is 0.651 bits per heavy atom. The number of amides is 1. The van der Waals surface area contributed by atoms with Crippen LogP contribution in [0.15, 0.2) is 0 Å². The average Bonchev–Trinajstić information content (AvgIpc) is 3.28. The van der Waals surface area contributed by atoms with E-state index in [4.69, 9.17) is 4.74 Å². The largest absolute Gasteiger partial charge is 0.466 e. The lowest BCUT2D eigenvalue weighted by atomic mass is 10.0. The molecule has 2 atom stereocenters. The minimum Gasteiger partial charge on any atom is -0.466 e. The topological polar surface area (TPSA) is 95.9 Å². The van der Waals surface area contributed by atoms with E-state index in [1.54, 1.807) is 0 Å². The van der Waals surface area contributed by atoms with Crippen LogP contribution >= 0.6 is 0 Å². The predicted molar refractivity (Wildman–Crippen MR) is 274 cm³/mol. The maximum Gasteiger partial charge on any atom is 0.305 e. The van der Waals surface area contributed by atoms with E-state index in [2.05, 4.69) is 19.2 Å². The number of hydrogen-bond donors (Lipinski definition) is 3. The van der Waals surface area contributed by atoms with Gasteiger partial charge in [0, 0.05) is 12.8 Å². The number of aliphatic hydroxyl groups excluding tert-OH is 2. The van der Waals surface area contributed by atoms with Crippen LogP contribution < -0.4 is 5.32 Å². The van der Waals surface area contributed by atoms with E-state index < -0.39 is 12.1 Å². The number of carbonyl (C=O) groups excluding carboxylic acids is 2. The molecule has 3 N–H and O–H groups in total. The molecule has 0 aromatic rings. The van der Waals surface area contributed by atoms with E-state index >= 15 is 0 Å². The Balaban J connectivity index is 3.44. The smallest absolute Gasteiger partial charge is 0.305 e. The summed E-state index contributed by atoms with van der Waals surface area (Å²) in [4.78, 5) is 24.5. The van der Waals surface area contributed by atoms with Crippen molar-refractivity contribution in [2.75, 3.05) is 13.2 Å². The van der Waals surface area contributed by atoms with Gasteiger partial charge in [-0.25, -0.2) is 0 Å². The summed E-state index contributed by atoms with van der Waals surface area (Å²) < 4.78 is 5.46. The van der Waals surface area contributed by atoms with E-state index in [1.165, 1.54) is 238 Å². The van der Waals surface area contributed by atoms with Gasteiger partial charge in [0.2, 0.25) is 5.91 Å². The summed E-state index contributed by atoms with van der Waals surface area (Å²) in [5, 5.41) is 23.3. The van der Waals surface area contributed by atoms with Gasteiger partial charge in [-0.3, -0.25) is 9.59 Å². The first-order chi connectivity index (χ1) is 31.0. The van der Waals surface area contributed by atoms with Crippen LogP contribution in [0.5, 0.6) is 0 Å². The lowest BCUT2D eigenvalue weighted by Gasteiger charge is -2.22. The second-order valence-corrected chi connectivity index (χ2v) is 20.0. The number of nitrogens with one attached hydrogen (secondary N) is 1. The molecule has 6 heteroatoms. The zero-order chi connectivity index (χ0) is 45.8. The third-order valence-electron chi connectivity index (χ3n) is 13.7. The molecule has 0 radical (unpaired) electrons. The molecule has 0 aromatic heterocycles. The molecular formula is C57H113NO5. The first-order valence-electron chi connectivity index (χ1n) is 28.8. The molecule has 2 unspecified atom stereocenters. The Bertz CT molecular complexity index is 898. The molecular weight excluding hydrogens is 779 g/mol. The number of unbranched alkanes of at least 4 members (excludes halogenated alkanes) is 43. The Morgan fingerprint density at radius 1 is 0.381 bits per heavy atom. The minimum absolute atomic E-state index is 0.00714. The highest BCUT2D eigenvalue weighted by molar-refractivity contribution is 5.76.